The summed E-state index contributed by atoms with van der Waals surface area (Å²) in [4.78, 5) is 59.6. The number of halogens is 2. The van der Waals surface area contributed by atoms with Gasteiger partial charge in [-0.15, -0.1) is 11.3 Å². The van der Waals surface area contributed by atoms with Crippen LogP contribution in [0, 0.1) is 5.92 Å². The van der Waals surface area contributed by atoms with Gasteiger partial charge in [-0.05, 0) is 58.7 Å². The van der Waals surface area contributed by atoms with E-state index in [0.717, 1.165) is 49.7 Å². The van der Waals surface area contributed by atoms with Crippen molar-refractivity contribution in [2.45, 2.75) is 32.7 Å². The van der Waals surface area contributed by atoms with Crippen molar-refractivity contribution in [1.82, 2.24) is 15.0 Å². The molecule has 0 bridgehead atoms. The average Bonchev–Trinajstić information content (AvgIpc) is 3.70. The molecule has 0 fully saturated rings. The lowest BCUT2D eigenvalue weighted by molar-refractivity contribution is -0.126. The maximum Gasteiger partial charge on any atom is 0.245 e. The predicted octanol–water partition coefficient (Wildman–Crippen LogP) is 6.25. The van der Waals surface area contributed by atoms with E-state index in [1.54, 1.807) is 24.4 Å². The summed E-state index contributed by atoms with van der Waals surface area (Å²) >= 11 is 13.8. The average molecular weight is 722 g/mol. The molecular weight excluding hydrogens is 691 g/mol. The molecule has 250 valence electrons. The highest BCUT2D eigenvalue weighted by molar-refractivity contribution is 7.16. The van der Waals surface area contributed by atoms with E-state index < -0.39 is 11.5 Å². The number of carbonyl (C=O) groups is 3. The number of rotatable bonds is 6. The molecule has 1 N–H and O–H groups in total. The fraction of sp³-hybridized carbons (Fsp3) is 0.211. The Labute approximate surface area is 301 Å². The van der Waals surface area contributed by atoms with Crippen LogP contribution in [0.3, 0.4) is 0 Å². The summed E-state index contributed by atoms with van der Waals surface area (Å²) in [5.74, 6) is -0.233. The first kappa shape index (κ1) is 32.3. The summed E-state index contributed by atoms with van der Waals surface area (Å²) < 4.78 is 0. The van der Waals surface area contributed by atoms with Gasteiger partial charge in [-0.1, -0.05) is 85.6 Å². The minimum atomic E-state index is -1.15. The molecule has 0 spiro atoms. The van der Waals surface area contributed by atoms with Gasteiger partial charge in [-0.2, -0.15) is 0 Å². The lowest BCUT2D eigenvalue weighted by atomic mass is 9.73. The molecule has 1 aliphatic heterocycles. The van der Waals surface area contributed by atoms with Crippen molar-refractivity contribution in [2.75, 3.05) is 28.3 Å². The zero-order chi connectivity index (χ0) is 34.9. The van der Waals surface area contributed by atoms with E-state index >= 15 is 0 Å². The number of hydrogen-bond donors (Lipinski definition) is 1. The molecular formula is C38H30Cl2N6O3S. The molecule has 1 amide bonds. The third kappa shape index (κ3) is 5.04. The highest BCUT2D eigenvalue weighted by Crippen LogP contribution is 2.44. The number of fused-ring (bicyclic) bond motifs is 6. The number of anilines is 3. The van der Waals surface area contributed by atoms with Crippen molar-refractivity contribution in [3.63, 3.8) is 0 Å². The normalized spacial score (nSPS) is 18.9. The molecule has 2 atom stereocenters. The van der Waals surface area contributed by atoms with Gasteiger partial charge in [0, 0.05) is 21.9 Å². The van der Waals surface area contributed by atoms with Crippen LogP contribution in [-0.2, 0) is 21.5 Å². The third-order valence-corrected chi connectivity index (χ3v) is 11.6. The number of hydrogen-bond acceptors (Lipinski definition) is 9. The second-order valence-electron chi connectivity index (χ2n) is 12.8. The lowest BCUT2D eigenvalue weighted by Gasteiger charge is -2.42. The molecule has 5 aromatic rings. The number of thiazole rings is 1. The van der Waals surface area contributed by atoms with Gasteiger partial charge in [0.25, 0.3) is 0 Å². The smallest absolute Gasteiger partial charge is 0.245 e. The second kappa shape index (κ2) is 12.2. The molecule has 2 aromatic heterocycles. The Balaban J connectivity index is 1.12. The van der Waals surface area contributed by atoms with E-state index in [9.17, 15) is 14.4 Å². The van der Waals surface area contributed by atoms with Gasteiger partial charge >= 0.3 is 0 Å². The maximum atomic E-state index is 14.3. The van der Waals surface area contributed by atoms with Crippen LogP contribution in [-0.4, -0.2) is 45.6 Å². The third-order valence-electron chi connectivity index (χ3n) is 9.79. The summed E-state index contributed by atoms with van der Waals surface area (Å²) in [5, 5.41) is 6.00. The molecule has 3 aliphatic rings. The van der Waals surface area contributed by atoms with E-state index in [0.29, 0.717) is 32.2 Å². The van der Waals surface area contributed by atoms with Crippen molar-refractivity contribution in [3.05, 3.63) is 104 Å². The minimum absolute atomic E-state index is 0.00642. The lowest BCUT2D eigenvalue weighted by Crippen LogP contribution is -2.59. The van der Waals surface area contributed by atoms with Crippen molar-refractivity contribution in [2.24, 2.45) is 5.92 Å². The number of benzene rings is 3. The van der Waals surface area contributed by atoms with Crippen LogP contribution in [0.15, 0.2) is 67.1 Å². The fourth-order valence-corrected chi connectivity index (χ4v) is 8.59. The van der Waals surface area contributed by atoms with Gasteiger partial charge in [-0.3, -0.25) is 14.4 Å². The van der Waals surface area contributed by atoms with Crippen LogP contribution in [0.25, 0.3) is 34.5 Å². The molecule has 50 heavy (non-hydrogen) atoms. The molecule has 2 unspecified atom stereocenters. The highest BCUT2D eigenvalue weighted by Gasteiger charge is 2.50. The highest BCUT2D eigenvalue weighted by atomic mass is 35.5. The minimum Gasteiger partial charge on any atom is -0.340 e. The van der Waals surface area contributed by atoms with Gasteiger partial charge < -0.3 is 15.1 Å². The van der Waals surface area contributed by atoms with Crippen LogP contribution in [0.2, 0.25) is 10.0 Å². The molecule has 8 rings (SSSR count). The largest absolute Gasteiger partial charge is 0.340 e. The Morgan fingerprint density at radius 1 is 1.04 bits per heavy atom. The van der Waals surface area contributed by atoms with Crippen molar-refractivity contribution in [1.29, 1.82) is 0 Å². The Kier molecular flexibility index (Phi) is 7.85. The van der Waals surface area contributed by atoms with Crippen LogP contribution in [0.4, 0.5) is 16.6 Å². The molecule has 3 aromatic carbocycles. The molecule has 0 saturated heterocycles. The summed E-state index contributed by atoms with van der Waals surface area (Å²) in [6.07, 6.45) is 7.48. The summed E-state index contributed by atoms with van der Waals surface area (Å²) in [7, 11) is 0. The van der Waals surface area contributed by atoms with E-state index in [1.807, 2.05) is 79.1 Å². The number of nitrogens with zero attached hydrogens (tertiary/aromatic N) is 5. The molecule has 12 heteroatoms. The number of aryl methyl sites for hydroxylation is 1. The van der Waals surface area contributed by atoms with E-state index in [4.69, 9.17) is 28.2 Å². The first-order valence-electron chi connectivity index (χ1n) is 16.2. The zero-order valence-electron chi connectivity index (χ0n) is 27.3. The van der Waals surface area contributed by atoms with Crippen molar-refractivity contribution < 1.29 is 14.4 Å². The van der Waals surface area contributed by atoms with Crippen LogP contribution in [0.5, 0.6) is 0 Å². The zero-order valence-corrected chi connectivity index (χ0v) is 29.7. The first-order valence-corrected chi connectivity index (χ1v) is 17.8. The van der Waals surface area contributed by atoms with Crippen LogP contribution < -0.4 is 25.6 Å². The Bertz CT molecular complexity index is 2410. The molecule has 2 aliphatic carbocycles. The van der Waals surface area contributed by atoms with Crippen molar-refractivity contribution >= 4 is 80.8 Å². The summed E-state index contributed by atoms with van der Waals surface area (Å²) in [6, 6.07) is 16.9. The monoisotopic (exact) mass is 720 g/mol. The van der Waals surface area contributed by atoms with Gasteiger partial charge in [0.2, 0.25) is 5.91 Å². The van der Waals surface area contributed by atoms with Gasteiger partial charge in [0.05, 0.1) is 35.1 Å². The van der Waals surface area contributed by atoms with Gasteiger partial charge in [-0.25, -0.2) is 15.0 Å². The van der Waals surface area contributed by atoms with Gasteiger partial charge in [0.15, 0.2) is 22.5 Å². The standard InChI is InChI=1S/C38H30Cl2N6O3S/c1-4-32-34(21-9-12-28(39)29(40)14-21)44-37(50-32)43-33(48)17-45-19-46(36-30(45)16-41-18-42-36)38(3)27-11-10-23-22-7-5-6-8-24(22)31(47)15-25(23)26(27)13-20(2)35(38)49/h5-16,18,20H,4,17,19H2,1-3H3,(H,43,44,48). The topological polar surface area (TPSA) is 108 Å². The Morgan fingerprint density at radius 3 is 2.62 bits per heavy atom. The van der Waals surface area contributed by atoms with E-state index in [2.05, 4.69) is 15.3 Å². The van der Waals surface area contributed by atoms with Gasteiger partial charge in [0.1, 0.15) is 17.6 Å². The number of amides is 1. The first-order chi connectivity index (χ1) is 24.1. The fourth-order valence-electron chi connectivity index (χ4n) is 7.35. The number of nitrogens with one attached hydrogen (secondary N) is 1. The number of carbonyl (C=O) groups excluding carboxylic acids is 3. The molecule has 9 nitrogen and oxygen atoms in total. The molecule has 0 radical (unpaired) electrons. The Hall–Kier alpha value is -4.90. The summed E-state index contributed by atoms with van der Waals surface area (Å²) in [5.41, 5.74) is 4.33. The summed E-state index contributed by atoms with van der Waals surface area (Å²) in [6.45, 7) is 6.01. The molecule has 0 saturated carbocycles. The molecule has 3 heterocycles. The SMILES string of the molecule is CCc1sc(NC(=O)CN2CN(C3(C)C(=O)C(C)C=c4c3ccc3c4=CC(=O)c4ccccc4-3)c3ncncc32)nc1-c1ccc(Cl)c(Cl)c1. The number of aromatic nitrogens is 3. The number of ketones is 2. The quantitative estimate of drug-likeness (QED) is 0.219. The maximum absolute atomic E-state index is 14.3. The second-order valence-corrected chi connectivity index (χ2v) is 14.7. The predicted molar refractivity (Wildman–Crippen MR) is 198 cm³/mol. The number of Topliss-reactive ketones (excluding diaryl/α,β-unsaturated/α-hetero) is 2. The van der Waals surface area contributed by atoms with Crippen LogP contribution in [0.1, 0.15) is 41.6 Å². The Morgan fingerprint density at radius 2 is 1.84 bits per heavy atom. The van der Waals surface area contributed by atoms with Crippen molar-refractivity contribution in [3.8, 4) is 22.4 Å². The van der Waals surface area contributed by atoms with E-state index in [1.165, 1.54) is 17.7 Å². The van der Waals surface area contributed by atoms with Crippen LogP contribution >= 0.6 is 34.5 Å². The van der Waals surface area contributed by atoms with E-state index in [-0.39, 0.29) is 30.7 Å².